The van der Waals surface area contributed by atoms with Crippen LogP contribution in [-0.2, 0) is 12.8 Å². The Hall–Kier alpha value is -1.80. The minimum Gasteiger partial charge on any atom is -0.496 e. The fraction of sp³-hybridized carbons (Fsp3) is 0.368. The third kappa shape index (κ3) is 4.33. The largest absolute Gasteiger partial charge is 0.496 e. The molecule has 0 aromatic heterocycles. The fourth-order valence-electron chi connectivity index (χ4n) is 2.71. The summed E-state index contributed by atoms with van der Waals surface area (Å²) in [5.41, 5.74) is 4.09. The lowest BCUT2D eigenvalue weighted by Crippen LogP contribution is -2.28. The van der Waals surface area contributed by atoms with Crippen LogP contribution in [0, 0.1) is 6.92 Å². The first-order valence-corrected chi connectivity index (χ1v) is 7.58. The first-order chi connectivity index (χ1) is 10.2. The van der Waals surface area contributed by atoms with Gasteiger partial charge in [0.05, 0.1) is 7.11 Å². The highest BCUT2D eigenvalue weighted by atomic mass is 16.5. The molecule has 0 bridgehead atoms. The number of nitrogens with one attached hydrogen (secondary N) is 1. The molecule has 0 aliphatic carbocycles. The summed E-state index contributed by atoms with van der Waals surface area (Å²) >= 11 is 0. The number of methoxy groups -OCH3 is 1. The Morgan fingerprint density at radius 2 is 1.67 bits per heavy atom. The van der Waals surface area contributed by atoms with E-state index in [1.165, 1.54) is 16.7 Å². The molecule has 0 spiro atoms. The van der Waals surface area contributed by atoms with Crippen molar-refractivity contribution in [3.05, 3.63) is 65.2 Å². The standard InChI is InChI=1S/C19H25NO/c1-15-8-4-5-9-16(15)12-13-18(20-2)14-17-10-6-7-11-19(17)21-3/h4-11,18,20H,12-14H2,1-3H3. The monoisotopic (exact) mass is 283 g/mol. The van der Waals surface area contributed by atoms with E-state index >= 15 is 0 Å². The van der Waals surface area contributed by atoms with Crippen molar-refractivity contribution >= 4 is 0 Å². The summed E-state index contributed by atoms with van der Waals surface area (Å²) in [4.78, 5) is 0. The van der Waals surface area contributed by atoms with E-state index in [1.54, 1.807) is 7.11 Å². The summed E-state index contributed by atoms with van der Waals surface area (Å²) in [5.74, 6) is 0.980. The molecule has 0 aliphatic rings. The Morgan fingerprint density at radius 1 is 1.00 bits per heavy atom. The van der Waals surface area contributed by atoms with Crippen molar-refractivity contribution in [2.75, 3.05) is 14.2 Å². The van der Waals surface area contributed by atoms with Gasteiger partial charge in [0.15, 0.2) is 0 Å². The van der Waals surface area contributed by atoms with E-state index in [1.807, 2.05) is 19.2 Å². The molecule has 0 saturated heterocycles. The molecule has 0 aliphatic heterocycles. The van der Waals surface area contributed by atoms with Crippen LogP contribution in [-0.4, -0.2) is 20.2 Å². The van der Waals surface area contributed by atoms with Gasteiger partial charge in [0, 0.05) is 6.04 Å². The lowest BCUT2D eigenvalue weighted by atomic mass is 9.97. The summed E-state index contributed by atoms with van der Waals surface area (Å²) in [6.45, 7) is 2.18. The van der Waals surface area contributed by atoms with E-state index in [4.69, 9.17) is 4.74 Å². The number of ether oxygens (including phenoxy) is 1. The van der Waals surface area contributed by atoms with Gasteiger partial charge >= 0.3 is 0 Å². The van der Waals surface area contributed by atoms with Gasteiger partial charge in [-0.3, -0.25) is 0 Å². The summed E-state index contributed by atoms with van der Waals surface area (Å²) < 4.78 is 5.44. The number of likely N-dealkylation sites (N-methyl/N-ethyl adjacent to an activating group) is 1. The number of aryl methyl sites for hydroxylation is 2. The molecule has 0 saturated carbocycles. The van der Waals surface area contributed by atoms with Crippen LogP contribution in [0.3, 0.4) is 0 Å². The molecule has 2 aromatic carbocycles. The summed E-state index contributed by atoms with van der Waals surface area (Å²) in [6.07, 6.45) is 3.22. The van der Waals surface area contributed by atoms with Crippen LogP contribution in [0.1, 0.15) is 23.1 Å². The molecule has 112 valence electrons. The molecule has 21 heavy (non-hydrogen) atoms. The van der Waals surface area contributed by atoms with Crippen molar-refractivity contribution in [1.29, 1.82) is 0 Å². The van der Waals surface area contributed by atoms with Crippen molar-refractivity contribution in [2.24, 2.45) is 0 Å². The highest BCUT2D eigenvalue weighted by molar-refractivity contribution is 5.34. The van der Waals surface area contributed by atoms with Crippen molar-refractivity contribution in [2.45, 2.75) is 32.2 Å². The second-order valence-corrected chi connectivity index (χ2v) is 5.47. The molecule has 1 atom stereocenters. The molecular weight excluding hydrogens is 258 g/mol. The molecule has 2 heteroatoms. The van der Waals surface area contributed by atoms with Gasteiger partial charge in [-0.1, -0.05) is 42.5 Å². The second kappa shape index (κ2) is 7.84. The molecule has 2 rings (SSSR count). The second-order valence-electron chi connectivity index (χ2n) is 5.47. The highest BCUT2D eigenvalue weighted by Crippen LogP contribution is 2.20. The maximum absolute atomic E-state index is 5.44. The molecule has 0 fully saturated rings. The lowest BCUT2D eigenvalue weighted by Gasteiger charge is -2.18. The molecule has 1 N–H and O–H groups in total. The third-order valence-corrected chi connectivity index (χ3v) is 4.09. The summed E-state index contributed by atoms with van der Waals surface area (Å²) in [7, 11) is 3.78. The SMILES string of the molecule is CNC(CCc1ccccc1C)Cc1ccccc1OC. The van der Waals surface area contributed by atoms with E-state index in [0.717, 1.165) is 25.0 Å². The van der Waals surface area contributed by atoms with E-state index in [-0.39, 0.29) is 0 Å². The van der Waals surface area contributed by atoms with E-state index in [0.29, 0.717) is 6.04 Å². The Labute approximate surface area is 128 Å². The predicted octanol–water partition coefficient (Wildman–Crippen LogP) is 3.77. The summed E-state index contributed by atoms with van der Waals surface area (Å²) in [6, 6.07) is 17.4. The van der Waals surface area contributed by atoms with E-state index in [9.17, 15) is 0 Å². The topological polar surface area (TPSA) is 21.3 Å². The third-order valence-electron chi connectivity index (χ3n) is 4.09. The predicted molar refractivity (Wildman–Crippen MR) is 89.0 cm³/mol. The number of hydrogen-bond acceptors (Lipinski definition) is 2. The highest BCUT2D eigenvalue weighted by Gasteiger charge is 2.11. The van der Waals surface area contributed by atoms with Crippen LogP contribution >= 0.6 is 0 Å². The molecule has 2 aromatic rings. The van der Waals surface area contributed by atoms with Crippen molar-refractivity contribution in [3.8, 4) is 5.75 Å². The average molecular weight is 283 g/mol. The van der Waals surface area contributed by atoms with Crippen LogP contribution in [0.5, 0.6) is 5.75 Å². The minimum absolute atomic E-state index is 0.459. The zero-order valence-electron chi connectivity index (χ0n) is 13.2. The van der Waals surface area contributed by atoms with Gasteiger partial charge in [-0.15, -0.1) is 0 Å². The van der Waals surface area contributed by atoms with Gasteiger partial charge in [0.2, 0.25) is 0 Å². The van der Waals surface area contributed by atoms with Gasteiger partial charge in [-0.2, -0.15) is 0 Å². The summed E-state index contributed by atoms with van der Waals surface area (Å²) in [5, 5.41) is 3.44. The quantitative estimate of drug-likeness (QED) is 0.835. The zero-order chi connectivity index (χ0) is 15.1. The smallest absolute Gasteiger partial charge is 0.122 e. The Morgan fingerprint density at radius 3 is 2.33 bits per heavy atom. The van der Waals surface area contributed by atoms with Crippen molar-refractivity contribution in [1.82, 2.24) is 5.32 Å². The maximum atomic E-state index is 5.44. The Bertz CT molecular complexity index is 565. The van der Waals surface area contributed by atoms with Crippen LogP contribution in [0.25, 0.3) is 0 Å². The van der Waals surface area contributed by atoms with Crippen LogP contribution in [0.2, 0.25) is 0 Å². The first-order valence-electron chi connectivity index (χ1n) is 7.58. The maximum Gasteiger partial charge on any atom is 0.122 e. The number of para-hydroxylation sites is 1. The Kier molecular flexibility index (Phi) is 5.82. The van der Waals surface area contributed by atoms with Gasteiger partial charge in [-0.05, 0) is 56.0 Å². The number of hydrogen-bond donors (Lipinski definition) is 1. The van der Waals surface area contributed by atoms with Crippen LogP contribution < -0.4 is 10.1 Å². The zero-order valence-corrected chi connectivity index (χ0v) is 13.2. The molecule has 0 heterocycles. The van der Waals surface area contributed by atoms with Crippen LogP contribution in [0.4, 0.5) is 0 Å². The van der Waals surface area contributed by atoms with Crippen molar-refractivity contribution in [3.63, 3.8) is 0 Å². The van der Waals surface area contributed by atoms with E-state index < -0.39 is 0 Å². The molecular formula is C19H25NO. The number of benzene rings is 2. The first kappa shape index (κ1) is 15.6. The van der Waals surface area contributed by atoms with Gasteiger partial charge in [-0.25, -0.2) is 0 Å². The van der Waals surface area contributed by atoms with E-state index in [2.05, 4.69) is 48.6 Å². The molecule has 2 nitrogen and oxygen atoms in total. The molecule has 0 amide bonds. The average Bonchev–Trinajstić information content (AvgIpc) is 2.53. The molecule has 0 radical (unpaired) electrons. The van der Waals surface area contributed by atoms with Gasteiger partial charge in [0.25, 0.3) is 0 Å². The van der Waals surface area contributed by atoms with Gasteiger partial charge in [0.1, 0.15) is 5.75 Å². The Balaban J connectivity index is 1.99. The molecule has 1 unspecified atom stereocenters. The van der Waals surface area contributed by atoms with Gasteiger partial charge < -0.3 is 10.1 Å². The van der Waals surface area contributed by atoms with Crippen LogP contribution in [0.15, 0.2) is 48.5 Å². The lowest BCUT2D eigenvalue weighted by molar-refractivity contribution is 0.404. The van der Waals surface area contributed by atoms with Crippen molar-refractivity contribution < 1.29 is 4.74 Å². The fourth-order valence-corrected chi connectivity index (χ4v) is 2.71. The minimum atomic E-state index is 0.459. The normalized spacial score (nSPS) is 12.1. The number of rotatable bonds is 7.